The fourth-order valence-corrected chi connectivity index (χ4v) is 3.94. The molecule has 0 atom stereocenters. The molecule has 2 nitrogen and oxygen atoms in total. The van der Waals surface area contributed by atoms with Crippen LogP contribution in [0.25, 0.3) is 10.2 Å². The first-order chi connectivity index (χ1) is 9.13. The molecule has 0 bridgehead atoms. The molecule has 2 aromatic heterocycles. The van der Waals surface area contributed by atoms with Gasteiger partial charge < -0.3 is 0 Å². The SMILES string of the molecule is Clc1nc(Sc2ccc(Cl)c(Cl)c2)c2ccsc2n1. The Morgan fingerprint density at radius 3 is 2.63 bits per heavy atom. The van der Waals surface area contributed by atoms with Crippen LogP contribution in [0, 0.1) is 0 Å². The minimum atomic E-state index is 0.248. The normalized spacial score (nSPS) is 11.1. The van der Waals surface area contributed by atoms with E-state index in [1.807, 2.05) is 23.6 Å². The highest BCUT2D eigenvalue weighted by Crippen LogP contribution is 2.36. The van der Waals surface area contributed by atoms with Gasteiger partial charge in [-0.2, -0.15) is 0 Å². The summed E-state index contributed by atoms with van der Waals surface area (Å²) in [6.45, 7) is 0. The largest absolute Gasteiger partial charge is 0.224 e. The summed E-state index contributed by atoms with van der Waals surface area (Å²) in [6.07, 6.45) is 0. The van der Waals surface area contributed by atoms with Gasteiger partial charge >= 0.3 is 0 Å². The highest BCUT2D eigenvalue weighted by Gasteiger charge is 2.10. The highest BCUT2D eigenvalue weighted by atomic mass is 35.5. The monoisotopic (exact) mass is 346 g/mol. The summed E-state index contributed by atoms with van der Waals surface area (Å²) in [5.74, 6) is 0. The van der Waals surface area contributed by atoms with Gasteiger partial charge in [-0.05, 0) is 41.2 Å². The summed E-state index contributed by atoms with van der Waals surface area (Å²) in [6, 6.07) is 7.45. The second-order valence-electron chi connectivity index (χ2n) is 3.62. The van der Waals surface area contributed by atoms with Crippen LogP contribution < -0.4 is 0 Å². The van der Waals surface area contributed by atoms with E-state index in [1.165, 1.54) is 23.1 Å². The second kappa shape index (κ2) is 5.46. The predicted molar refractivity (Wildman–Crippen MR) is 83.0 cm³/mol. The molecule has 0 saturated carbocycles. The van der Waals surface area contributed by atoms with Gasteiger partial charge in [0.05, 0.1) is 10.0 Å². The lowest BCUT2D eigenvalue weighted by atomic mass is 10.4. The molecule has 0 amide bonds. The number of benzene rings is 1. The number of aromatic nitrogens is 2. The van der Waals surface area contributed by atoms with Crippen molar-refractivity contribution in [1.29, 1.82) is 0 Å². The van der Waals surface area contributed by atoms with E-state index in [9.17, 15) is 0 Å². The lowest BCUT2D eigenvalue weighted by Gasteiger charge is -2.04. The summed E-state index contributed by atoms with van der Waals surface area (Å²) < 4.78 is 0. The average molecular weight is 348 g/mol. The molecule has 2 heterocycles. The van der Waals surface area contributed by atoms with E-state index in [2.05, 4.69) is 9.97 Å². The number of hydrogen-bond acceptors (Lipinski definition) is 4. The van der Waals surface area contributed by atoms with Gasteiger partial charge in [-0.15, -0.1) is 11.3 Å². The van der Waals surface area contributed by atoms with Gasteiger partial charge in [0.1, 0.15) is 9.86 Å². The predicted octanol–water partition coefficient (Wildman–Crippen LogP) is 5.80. The molecule has 0 saturated heterocycles. The maximum absolute atomic E-state index is 6.01. The topological polar surface area (TPSA) is 25.8 Å². The van der Waals surface area contributed by atoms with E-state index in [0.717, 1.165) is 20.1 Å². The molecule has 3 rings (SSSR count). The number of thiophene rings is 1. The highest BCUT2D eigenvalue weighted by molar-refractivity contribution is 7.99. The number of hydrogen-bond donors (Lipinski definition) is 0. The van der Waals surface area contributed by atoms with Crippen LogP contribution >= 0.6 is 57.9 Å². The van der Waals surface area contributed by atoms with Crippen molar-refractivity contribution in [3.8, 4) is 0 Å². The first-order valence-corrected chi connectivity index (χ1v) is 8.00. The van der Waals surface area contributed by atoms with E-state index >= 15 is 0 Å². The van der Waals surface area contributed by atoms with E-state index in [0.29, 0.717) is 10.0 Å². The number of rotatable bonds is 2. The third-order valence-electron chi connectivity index (χ3n) is 2.37. The third kappa shape index (κ3) is 2.83. The van der Waals surface area contributed by atoms with Gasteiger partial charge in [0.25, 0.3) is 0 Å². The Kier molecular flexibility index (Phi) is 3.87. The van der Waals surface area contributed by atoms with Crippen molar-refractivity contribution >= 4 is 68.1 Å². The molecular weight excluding hydrogens is 343 g/mol. The number of halogens is 3. The first kappa shape index (κ1) is 13.5. The zero-order valence-corrected chi connectivity index (χ0v) is 13.1. The van der Waals surface area contributed by atoms with Gasteiger partial charge in [0, 0.05) is 10.3 Å². The van der Waals surface area contributed by atoms with Crippen LogP contribution in [-0.2, 0) is 0 Å². The van der Waals surface area contributed by atoms with Crippen molar-refractivity contribution in [3.05, 3.63) is 45.0 Å². The molecule has 1 aromatic carbocycles. The molecule has 0 aliphatic heterocycles. The summed E-state index contributed by atoms with van der Waals surface area (Å²) in [5.41, 5.74) is 0. The van der Waals surface area contributed by atoms with Gasteiger partial charge in [-0.25, -0.2) is 9.97 Å². The van der Waals surface area contributed by atoms with E-state index in [4.69, 9.17) is 34.8 Å². The molecule has 0 fully saturated rings. The molecule has 7 heteroatoms. The molecule has 0 unspecified atom stereocenters. The van der Waals surface area contributed by atoms with Crippen LogP contribution in [0.3, 0.4) is 0 Å². The number of nitrogens with zero attached hydrogens (tertiary/aromatic N) is 2. The Morgan fingerprint density at radius 2 is 1.84 bits per heavy atom. The molecule has 0 aliphatic carbocycles. The first-order valence-electron chi connectivity index (χ1n) is 5.17. The summed E-state index contributed by atoms with van der Waals surface area (Å²) in [7, 11) is 0. The van der Waals surface area contributed by atoms with E-state index < -0.39 is 0 Å². The van der Waals surface area contributed by atoms with Crippen molar-refractivity contribution in [3.63, 3.8) is 0 Å². The van der Waals surface area contributed by atoms with Gasteiger partial charge in [-0.3, -0.25) is 0 Å². The fourth-order valence-electron chi connectivity index (χ4n) is 1.53. The van der Waals surface area contributed by atoms with E-state index in [-0.39, 0.29) is 5.28 Å². The van der Waals surface area contributed by atoms with E-state index in [1.54, 1.807) is 6.07 Å². The Bertz CT molecular complexity index is 758. The second-order valence-corrected chi connectivity index (χ2v) is 6.72. The van der Waals surface area contributed by atoms with Gasteiger partial charge in [0.2, 0.25) is 5.28 Å². The summed E-state index contributed by atoms with van der Waals surface area (Å²) in [5, 5.41) is 5.08. The molecule has 19 heavy (non-hydrogen) atoms. The van der Waals surface area contributed by atoms with Crippen LogP contribution in [0.2, 0.25) is 15.3 Å². The zero-order valence-electron chi connectivity index (χ0n) is 9.23. The minimum Gasteiger partial charge on any atom is -0.210 e. The molecule has 0 aliphatic rings. The van der Waals surface area contributed by atoms with Crippen molar-refractivity contribution in [2.24, 2.45) is 0 Å². The minimum absolute atomic E-state index is 0.248. The lowest BCUT2D eigenvalue weighted by molar-refractivity contribution is 1.11. The Labute approximate surface area is 132 Å². The Balaban J connectivity index is 2.04. The average Bonchev–Trinajstić information content (AvgIpc) is 2.82. The maximum Gasteiger partial charge on any atom is 0.224 e. The zero-order chi connectivity index (χ0) is 13.4. The van der Waals surface area contributed by atoms with Crippen LogP contribution in [0.5, 0.6) is 0 Å². The molecule has 0 radical (unpaired) electrons. The summed E-state index contributed by atoms with van der Waals surface area (Å²) in [4.78, 5) is 10.3. The van der Waals surface area contributed by atoms with Gasteiger partial charge in [0.15, 0.2) is 0 Å². The molecule has 3 aromatic rings. The summed E-state index contributed by atoms with van der Waals surface area (Å²) >= 11 is 20.9. The maximum atomic E-state index is 6.01. The molecule has 96 valence electrons. The smallest absolute Gasteiger partial charge is 0.210 e. The Morgan fingerprint density at radius 1 is 1.00 bits per heavy atom. The quantitative estimate of drug-likeness (QED) is 0.432. The van der Waals surface area contributed by atoms with Crippen LogP contribution in [-0.4, -0.2) is 9.97 Å². The molecular formula is C12H5Cl3N2S2. The van der Waals surface area contributed by atoms with Crippen LogP contribution in [0.4, 0.5) is 0 Å². The van der Waals surface area contributed by atoms with Crippen LogP contribution in [0.15, 0.2) is 39.6 Å². The fraction of sp³-hybridized carbons (Fsp3) is 0. The standard InChI is InChI=1S/C12H5Cl3N2S2/c13-8-2-1-6(5-9(8)14)19-11-7-3-4-18-10(7)16-12(15)17-11/h1-5H. The van der Waals surface area contributed by atoms with Crippen molar-refractivity contribution in [2.45, 2.75) is 9.92 Å². The van der Waals surface area contributed by atoms with Crippen LogP contribution in [0.1, 0.15) is 0 Å². The Hall–Kier alpha value is -0.520. The van der Waals surface area contributed by atoms with Crippen molar-refractivity contribution in [2.75, 3.05) is 0 Å². The van der Waals surface area contributed by atoms with Crippen molar-refractivity contribution in [1.82, 2.24) is 9.97 Å². The van der Waals surface area contributed by atoms with Crippen molar-refractivity contribution < 1.29 is 0 Å². The third-order valence-corrected chi connectivity index (χ3v) is 5.08. The van der Waals surface area contributed by atoms with Gasteiger partial charge in [-0.1, -0.05) is 35.0 Å². The molecule has 0 spiro atoms. The number of fused-ring (bicyclic) bond motifs is 1. The molecule has 0 N–H and O–H groups in total. The lowest BCUT2D eigenvalue weighted by Crippen LogP contribution is -1.86.